The second-order valence-corrected chi connectivity index (χ2v) is 7.93. The zero-order valence-corrected chi connectivity index (χ0v) is 17.1. The van der Waals surface area contributed by atoms with Crippen molar-refractivity contribution in [1.29, 1.82) is 0 Å². The van der Waals surface area contributed by atoms with Gasteiger partial charge in [0, 0.05) is 32.9 Å². The van der Waals surface area contributed by atoms with E-state index in [1.807, 2.05) is 13.8 Å². The summed E-state index contributed by atoms with van der Waals surface area (Å²) in [5, 5.41) is 0.0886. The van der Waals surface area contributed by atoms with Crippen LogP contribution >= 0.6 is 11.8 Å². The van der Waals surface area contributed by atoms with Gasteiger partial charge in [-0.3, -0.25) is 19.2 Å². The van der Waals surface area contributed by atoms with Gasteiger partial charge < -0.3 is 23.7 Å². The topological polar surface area (TPSA) is 114 Å². The van der Waals surface area contributed by atoms with Gasteiger partial charge in [0.15, 0.2) is 18.3 Å². The van der Waals surface area contributed by atoms with Gasteiger partial charge in [-0.1, -0.05) is 13.8 Å². The summed E-state index contributed by atoms with van der Waals surface area (Å²) in [6.07, 6.45) is -4.12. The third kappa shape index (κ3) is 7.76. The molecule has 0 aromatic rings. The summed E-state index contributed by atoms with van der Waals surface area (Å²) in [6, 6.07) is 0. The van der Waals surface area contributed by atoms with E-state index >= 15 is 0 Å². The van der Waals surface area contributed by atoms with Crippen LogP contribution in [0, 0.1) is 0 Å². The molecule has 1 heterocycles. The number of carbonyl (C=O) groups excluding carboxylic acids is 4. The molecule has 0 aliphatic carbocycles. The van der Waals surface area contributed by atoms with Gasteiger partial charge in [0.1, 0.15) is 18.1 Å². The number of rotatable bonds is 7. The van der Waals surface area contributed by atoms with Gasteiger partial charge in [0.2, 0.25) is 0 Å². The van der Waals surface area contributed by atoms with E-state index in [4.69, 9.17) is 23.7 Å². The molecule has 1 aliphatic heterocycles. The zero-order valence-electron chi connectivity index (χ0n) is 16.3. The standard InChI is InChI=1S/C17H26O9S/c1-8(2)27-17-16(25-12(6)21)15(24-11(5)20)14(23-10(4)19)13(26-17)7-22-9(3)18/h8,13-17H,7H2,1-6H3/t13-,14+,15+,16-,17+/m1/s1. The lowest BCUT2D eigenvalue weighted by atomic mass is 9.99. The molecule has 1 rings (SSSR count). The Labute approximate surface area is 162 Å². The number of hydrogen-bond donors (Lipinski definition) is 0. The molecule has 10 heteroatoms. The van der Waals surface area contributed by atoms with Crippen LogP contribution in [0.3, 0.4) is 0 Å². The van der Waals surface area contributed by atoms with Crippen molar-refractivity contribution >= 4 is 35.6 Å². The molecular weight excluding hydrogens is 380 g/mol. The molecule has 0 spiro atoms. The van der Waals surface area contributed by atoms with Gasteiger partial charge in [-0.05, 0) is 0 Å². The Kier molecular flexibility index (Phi) is 9.04. The third-order valence-electron chi connectivity index (χ3n) is 3.35. The minimum atomic E-state index is -1.11. The first kappa shape index (κ1) is 23.2. The summed E-state index contributed by atoms with van der Waals surface area (Å²) in [5.41, 5.74) is -0.717. The summed E-state index contributed by atoms with van der Waals surface area (Å²) >= 11 is 1.34. The summed E-state index contributed by atoms with van der Waals surface area (Å²) in [4.78, 5) is 46.0. The molecule has 1 aliphatic rings. The summed E-state index contributed by atoms with van der Waals surface area (Å²) in [6.45, 7) is 8.44. The number of hydrogen-bond acceptors (Lipinski definition) is 10. The van der Waals surface area contributed by atoms with E-state index in [9.17, 15) is 19.2 Å². The average molecular weight is 406 g/mol. The lowest BCUT2D eigenvalue weighted by Crippen LogP contribution is -2.61. The van der Waals surface area contributed by atoms with Crippen molar-refractivity contribution in [2.45, 2.75) is 76.6 Å². The monoisotopic (exact) mass is 406 g/mol. The first-order valence-corrected chi connectivity index (χ1v) is 9.41. The Hall–Kier alpha value is -1.81. The van der Waals surface area contributed by atoms with Crippen LogP contribution in [0.4, 0.5) is 0 Å². The van der Waals surface area contributed by atoms with Crippen LogP contribution in [-0.4, -0.2) is 65.6 Å². The highest BCUT2D eigenvalue weighted by Crippen LogP contribution is 2.35. The van der Waals surface area contributed by atoms with E-state index < -0.39 is 53.7 Å². The van der Waals surface area contributed by atoms with Gasteiger partial charge in [-0.15, -0.1) is 11.8 Å². The molecule has 0 aromatic heterocycles. The molecule has 1 saturated heterocycles. The van der Waals surface area contributed by atoms with Gasteiger partial charge in [-0.2, -0.15) is 0 Å². The molecule has 0 unspecified atom stereocenters. The van der Waals surface area contributed by atoms with Crippen LogP contribution in [0.5, 0.6) is 0 Å². The Balaban J connectivity index is 3.27. The first-order valence-electron chi connectivity index (χ1n) is 8.47. The lowest BCUT2D eigenvalue weighted by Gasteiger charge is -2.44. The van der Waals surface area contributed by atoms with Crippen molar-refractivity contribution < 1.29 is 42.9 Å². The predicted octanol–water partition coefficient (Wildman–Crippen LogP) is 1.21. The SMILES string of the molecule is CC(=O)OC[C@H]1O[C@@H](SC(C)C)[C@H](OC(C)=O)[C@@H](OC(C)=O)[C@H]1OC(C)=O. The quantitative estimate of drug-likeness (QED) is 0.451. The number of esters is 4. The van der Waals surface area contributed by atoms with E-state index in [2.05, 4.69) is 0 Å². The van der Waals surface area contributed by atoms with Crippen LogP contribution in [-0.2, 0) is 42.9 Å². The fourth-order valence-electron chi connectivity index (χ4n) is 2.57. The second kappa shape index (κ2) is 10.5. The van der Waals surface area contributed by atoms with Crippen molar-refractivity contribution in [3.8, 4) is 0 Å². The van der Waals surface area contributed by atoms with Crippen molar-refractivity contribution in [3.05, 3.63) is 0 Å². The molecule has 0 saturated carbocycles. The smallest absolute Gasteiger partial charge is 0.303 e. The Morgan fingerprint density at radius 3 is 1.74 bits per heavy atom. The van der Waals surface area contributed by atoms with E-state index in [0.717, 1.165) is 0 Å². The molecule has 0 aromatic carbocycles. The molecule has 0 N–H and O–H groups in total. The maximum atomic E-state index is 11.6. The Bertz CT molecular complexity index is 563. The highest BCUT2D eigenvalue weighted by molar-refractivity contribution is 8.00. The summed E-state index contributed by atoms with van der Waals surface area (Å²) < 4.78 is 26.9. The van der Waals surface area contributed by atoms with Crippen LogP contribution < -0.4 is 0 Å². The van der Waals surface area contributed by atoms with Crippen LogP contribution in [0.1, 0.15) is 41.5 Å². The molecule has 1 fully saturated rings. The molecule has 0 amide bonds. The summed E-state index contributed by atoms with van der Waals surface area (Å²) in [7, 11) is 0. The minimum absolute atomic E-state index is 0.0886. The Morgan fingerprint density at radius 1 is 0.815 bits per heavy atom. The minimum Gasteiger partial charge on any atom is -0.463 e. The number of thioether (sulfide) groups is 1. The zero-order chi connectivity index (χ0) is 20.7. The van der Waals surface area contributed by atoms with E-state index in [1.54, 1.807) is 0 Å². The number of ether oxygens (including phenoxy) is 5. The molecule has 5 atom stereocenters. The first-order chi connectivity index (χ1) is 12.5. The van der Waals surface area contributed by atoms with Gasteiger partial charge in [-0.25, -0.2) is 0 Å². The maximum absolute atomic E-state index is 11.6. The number of carbonyl (C=O) groups is 4. The molecule has 154 valence electrons. The predicted molar refractivity (Wildman–Crippen MR) is 94.7 cm³/mol. The second-order valence-electron chi connectivity index (χ2n) is 6.25. The molecular formula is C17H26O9S. The highest BCUT2D eigenvalue weighted by atomic mass is 32.2. The molecule has 0 radical (unpaired) electrons. The van der Waals surface area contributed by atoms with E-state index in [1.165, 1.54) is 39.5 Å². The van der Waals surface area contributed by atoms with Crippen molar-refractivity contribution in [1.82, 2.24) is 0 Å². The fraction of sp³-hybridized carbons (Fsp3) is 0.765. The molecule has 27 heavy (non-hydrogen) atoms. The average Bonchev–Trinajstić information content (AvgIpc) is 2.49. The normalized spacial score (nSPS) is 27.6. The van der Waals surface area contributed by atoms with Crippen LogP contribution in [0.2, 0.25) is 0 Å². The van der Waals surface area contributed by atoms with Gasteiger partial charge in [0.05, 0.1) is 0 Å². The maximum Gasteiger partial charge on any atom is 0.303 e. The van der Waals surface area contributed by atoms with Crippen LogP contribution in [0.25, 0.3) is 0 Å². The van der Waals surface area contributed by atoms with Crippen LogP contribution in [0.15, 0.2) is 0 Å². The van der Waals surface area contributed by atoms with E-state index in [0.29, 0.717) is 0 Å². The Morgan fingerprint density at radius 2 is 1.30 bits per heavy atom. The van der Waals surface area contributed by atoms with E-state index in [-0.39, 0.29) is 11.9 Å². The van der Waals surface area contributed by atoms with Crippen molar-refractivity contribution in [2.24, 2.45) is 0 Å². The van der Waals surface area contributed by atoms with Gasteiger partial charge in [0.25, 0.3) is 0 Å². The summed E-state index contributed by atoms with van der Waals surface area (Å²) in [5.74, 6) is -2.43. The highest BCUT2D eigenvalue weighted by Gasteiger charge is 2.52. The molecule has 0 bridgehead atoms. The van der Waals surface area contributed by atoms with Crippen molar-refractivity contribution in [2.75, 3.05) is 6.61 Å². The fourth-order valence-corrected chi connectivity index (χ4v) is 3.68. The third-order valence-corrected chi connectivity index (χ3v) is 4.55. The van der Waals surface area contributed by atoms with Gasteiger partial charge >= 0.3 is 23.9 Å². The van der Waals surface area contributed by atoms with Crippen molar-refractivity contribution in [3.63, 3.8) is 0 Å². The largest absolute Gasteiger partial charge is 0.463 e. The molecule has 9 nitrogen and oxygen atoms in total. The lowest BCUT2D eigenvalue weighted by molar-refractivity contribution is -0.237.